The number of hydrogen-bond acceptors (Lipinski definition) is 5. The van der Waals surface area contributed by atoms with Crippen LogP contribution in [0.15, 0.2) is 11.4 Å². The summed E-state index contributed by atoms with van der Waals surface area (Å²) in [6, 6.07) is 1.69. The van der Waals surface area contributed by atoms with Gasteiger partial charge in [-0.1, -0.05) is 0 Å². The molecule has 0 aromatic carbocycles. The van der Waals surface area contributed by atoms with Crippen LogP contribution in [0.5, 0.6) is 0 Å². The van der Waals surface area contributed by atoms with Crippen LogP contribution >= 0.6 is 11.3 Å². The number of carboxylic acids is 1. The Labute approximate surface area is 112 Å². The molecule has 7 nitrogen and oxygen atoms in total. The van der Waals surface area contributed by atoms with Gasteiger partial charge in [-0.3, -0.25) is 14.8 Å². The SMILES string of the molecule is Cc1nn(Cc2ccsc2C(=O)O)c(C)c1[N+](=O)[O-]. The van der Waals surface area contributed by atoms with Gasteiger partial charge in [-0.2, -0.15) is 5.10 Å². The first-order valence-corrected chi connectivity index (χ1v) is 6.27. The molecule has 0 radical (unpaired) electrons. The lowest BCUT2D eigenvalue weighted by atomic mass is 10.2. The van der Waals surface area contributed by atoms with E-state index in [1.807, 2.05) is 0 Å². The third-order valence-electron chi connectivity index (χ3n) is 2.79. The highest BCUT2D eigenvalue weighted by molar-refractivity contribution is 7.12. The average Bonchev–Trinajstić information content (AvgIpc) is 2.85. The molecule has 2 rings (SSSR count). The first-order chi connectivity index (χ1) is 8.91. The van der Waals surface area contributed by atoms with E-state index in [2.05, 4.69) is 5.10 Å². The Morgan fingerprint density at radius 2 is 2.26 bits per heavy atom. The number of hydrogen-bond donors (Lipinski definition) is 1. The Balaban J connectivity index is 2.39. The van der Waals surface area contributed by atoms with Gasteiger partial charge in [0, 0.05) is 0 Å². The maximum Gasteiger partial charge on any atom is 0.346 e. The lowest BCUT2D eigenvalue weighted by molar-refractivity contribution is -0.386. The lowest BCUT2D eigenvalue weighted by Crippen LogP contribution is -2.07. The van der Waals surface area contributed by atoms with Crippen molar-refractivity contribution in [2.45, 2.75) is 20.4 Å². The second-order valence-corrected chi connectivity index (χ2v) is 4.93. The van der Waals surface area contributed by atoms with Crippen LogP contribution in [0.1, 0.15) is 26.6 Å². The molecule has 0 amide bonds. The predicted octanol–water partition coefficient (Wildman–Crippen LogP) is 2.22. The molecule has 0 spiro atoms. The Morgan fingerprint density at radius 3 is 2.79 bits per heavy atom. The fourth-order valence-electron chi connectivity index (χ4n) is 1.91. The topological polar surface area (TPSA) is 98.3 Å². The van der Waals surface area contributed by atoms with Crippen molar-refractivity contribution in [2.24, 2.45) is 0 Å². The molecule has 0 unspecified atom stereocenters. The number of nitrogens with zero attached hydrogens (tertiary/aromatic N) is 3. The van der Waals surface area contributed by atoms with Crippen molar-refractivity contribution in [1.29, 1.82) is 0 Å². The molecule has 100 valence electrons. The third kappa shape index (κ3) is 2.34. The van der Waals surface area contributed by atoms with E-state index in [1.54, 1.807) is 25.3 Å². The van der Waals surface area contributed by atoms with E-state index in [1.165, 1.54) is 4.68 Å². The highest BCUT2D eigenvalue weighted by Gasteiger charge is 2.22. The smallest absolute Gasteiger partial charge is 0.346 e. The van der Waals surface area contributed by atoms with Crippen LogP contribution in [0.4, 0.5) is 5.69 Å². The number of nitro groups is 1. The van der Waals surface area contributed by atoms with Crippen LogP contribution in [-0.2, 0) is 6.54 Å². The predicted molar refractivity (Wildman–Crippen MR) is 68.7 cm³/mol. The molecular formula is C11H11N3O4S. The number of aromatic carboxylic acids is 1. The second kappa shape index (κ2) is 4.81. The quantitative estimate of drug-likeness (QED) is 0.684. The normalized spacial score (nSPS) is 10.6. The molecule has 0 aliphatic rings. The maximum atomic E-state index is 11.0. The number of carboxylic acid groups (broad SMARTS) is 1. The van der Waals surface area contributed by atoms with Crippen molar-refractivity contribution in [2.75, 3.05) is 0 Å². The molecular weight excluding hydrogens is 270 g/mol. The Bertz CT molecular complexity index is 659. The summed E-state index contributed by atoms with van der Waals surface area (Å²) < 4.78 is 1.46. The minimum Gasteiger partial charge on any atom is -0.477 e. The molecule has 0 atom stereocenters. The molecule has 0 aliphatic heterocycles. The highest BCUT2D eigenvalue weighted by Crippen LogP contribution is 2.24. The Hall–Kier alpha value is -2.22. The van der Waals surface area contributed by atoms with Crippen molar-refractivity contribution in [3.05, 3.63) is 43.4 Å². The van der Waals surface area contributed by atoms with E-state index in [0.717, 1.165) is 11.3 Å². The van der Waals surface area contributed by atoms with Gasteiger partial charge < -0.3 is 5.11 Å². The van der Waals surface area contributed by atoms with Crippen LogP contribution in [0.3, 0.4) is 0 Å². The summed E-state index contributed by atoms with van der Waals surface area (Å²) >= 11 is 1.13. The van der Waals surface area contributed by atoms with Crippen molar-refractivity contribution >= 4 is 23.0 Å². The van der Waals surface area contributed by atoms with Crippen molar-refractivity contribution in [3.8, 4) is 0 Å². The second-order valence-electron chi connectivity index (χ2n) is 4.01. The lowest BCUT2D eigenvalue weighted by Gasteiger charge is -2.03. The van der Waals surface area contributed by atoms with Crippen molar-refractivity contribution in [3.63, 3.8) is 0 Å². The molecule has 0 aliphatic carbocycles. The number of carbonyl (C=O) groups is 1. The summed E-state index contributed by atoms with van der Waals surface area (Å²) in [5.41, 5.74) is 1.32. The molecule has 0 bridgehead atoms. The Morgan fingerprint density at radius 1 is 1.58 bits per heavy atom. The van der Waals surface area contributed by atoms with Crippen LogP contribution in [0.2, 0.25) is 0 Å². The van der Waals surface area contributed by atoms with E-state index < -0.39 is 10.9 Å². The van der Waals surface area contributed by atoms with Crippen LogP contribution in [0, 0.1) is 24.0 Å². The highest BCUT2D eigenvalue weighted by atomic mass is 32.1. The summed E-state index contributed by atoms with van der Waals surface area (Å²) in [7, 11) is 0. The van der Waals surface area contributed by atoms with Gasteiger partial charge in [0.2, 0.25) is 0 Å². The standard InChI is InChI=1S/C11H11N3O4S/c1-6-9(14(17)18)7(2)13(12-6)5-8-3-4-19-10(8)11(15)16/h3-4H,5H2,1-2H3,(H,15,16). The van der Waals surface area contributed by atoms with Crippen molar-refractivity contribution < 1.29 is 14.8 Å². The van der Waals surface area contributed by atoms with E-state index in [4.69, 9.17) is 5.11 Å². The summed E-state index contributed by atoms with van der Waals surface area (Å²) in [6.45, 7) is 3.38. The molecule has 2 aromatic rings. The monoisotopic (exact) mass is 281 g/mol. The molecule has 1 N–H and O–H groups in total. The molecule has 8 heteroatoms. The number of aromatic nitrogens is 2. The molecule has 0 saturated heterocycles. The van der Waals surface area contributed by atoms with Crippen LogP contribution in [0.25, 0.3) is 0 Å². The first kappa shape index (κ1) is 13.2. The summed E-state index contributed by atoms with van der Waals surface area (Å²) in [5.74, 6) is -0.999. The van der Waals surface area contributed by atoms with Gasteiger partial charge in [0.25, 0.3) is 0 Å². The van der Waals surface area contributed by atoms with Crippen LogP contribution in [-0.4, -0.2) is 25.8 Å². The van der Waals surface area contributed by atoms with Gasteiger partial charge in [0.05, 0.1) is 11.5 Å². The largest absolute Gasteiger partial charge is 0.477 e. The first-order valence-electron chi connectivity index (χ1n) is 5.40. The molecule has 0 fully saturated rings. The van der Waals surface area contributed by atoms with E-state index in [0.29, 0.717) is 17.0 Å². The van der Waals surface area contributed by atoms with E-state index in [9.17, 15) is 14.9 Å². The zero-order valence-electron chi connectivity index (χ0n) is 10.3. The minimum atomic E-state index is -0.999. The molecule has 19 heavy (non-hydrogen) atoms. The molecule has 2 heterocycles. The van der Waals surface area contributed by atoms with Crippen LogP contribution < -0.4 is 0 Å². The van der Waals surface area contributed by atoms with Gasteiger partial charge in [-0.25, -0.2) is 4.79 Å². The summed E-state index contributed by atoms with van der Waals surface area (Å²) in [5, 5.41) is 25.7. The van der Waals surface area contributed by atoms with Gasteiger partial charge >= 0.3 is 11.7 Å². The Kier molecular flexibility index (Phi) is 3.34. The third-order valence-corrected chi connectivity index (χ3v) is 3.73. The van der Waals surface area contributed by atoms with Gasteiger partial charge in [0.1, 0.15) is 16.3 Å². The van der Waals surface area contributed by atoms with Gasteiger partial charge in [-0.15, -0.1) is 11.3 Å². The zero-order chi connectivity index (χ0) is 14.2. The number of thiophene rings is 1. The minimum absolute atomic E-state index is 0.0212. The van der Waals surface area contributed by atoms with E-state index in [-0.39, 0.29) is 17.1 Å². The average molecular weight is 281 g/mol. The summed E-state index contributed by atoms with van der Waals surface area (Å²) in [4.78, 5) is 21.7. The van der Waals surface area contributed by atoms with E-state index >= 15 is 0 Å². The van der Waals surface area contributed by atoms with Gasteiger partial charge in [-0.05, 0) is 30.9 Å². The number of rotatable bonds is 4. The van der Waals surface area contributed by atoms with Crippen molar-refractivity contribution in [1.82, 2.24) is 9.78 Å². The molecule has 2 aromatic heterocycles. The summed E-state index contributed by atoms with van der Waals surface area (Å²) in [6.07, 6.45) is 0. The molecule has 0 saturated carbocycles. The van der Waals surface area contributed by atoms with Gasteiger partial charge in [0.15, 0.2) is 0 Å². The maximum absolute atomic E-state index is 11.0. The fourth-order valence-corrected chi connectivity index (χ4v) is 2.67. The zero-order valence-corrected chi connectivity index (χ0v) is 11.1. The fraction of sp³-hybridized carbons (Fsp3) is 0.273. The number of aryl methyl sites for hydroxylation is 1.